The van der Waals surface area contributed by atoms with Crippen LogP contribution < -0.4 is 0 Å². The summed E-state index contributed by atoms with van der Waals surface area (Å²) in [5.74, 6) is 0. The summed E-state index contributed by atoms with van der Waals surface area (Å²) >= 11 is 0. The van der Waals surface area contributed by atoms with Crippen molar-refractivity contribution in [2.75, 3.05) is 0 Å². The Balaban J connectivity index is 2.28. The van der Waals surface area contributed by atoms with Crippen LogP contribution in [0.5, 0.6) is 0 Å². The zero-order chi connectivity index (χ0) is 16.2. The van der Waals surface area contributed by atoms with E-state index in [0.29, 0.717) is 12.0 Å². The van der Waals surface area contributed by atoms with Crippen LogP contribution in [0.2, 0.25) is 0 Å². The zero-order valence-electron chi connectivity index (χ0n) is 12.6. The van der Waals surface area contributed by atoms with Gasteiger partial charge in [-0.25, -0.2) is 0 Å². The summed E-state index contributed by atoms with van der Waals surface area (Å²) in [5, 5.41) is 3.16. The van der Waals surface area contributed by atoms with E-state index in [2.05, 4.69) is 12.1 Å². The third-order valence-electron chi connectivity index (χ3n) is 4.17. The molecule has 0 heterocycles. The fraction of sp³-hybridized carbons (Fsp3) is 0.529. The van der Waals surface area contributed by atoms with Crippen molar-refractivity contribution in [1.29, 1.82) is 0 Å². The van der Waals surface area contributed by atoms with Crippen molar-refractivity contribution in [3.63, 3.8) is 0 Å². The molecule has 0 aliphatic heterocycles. The van der Waals surface area contributed by atoms with Gasteiger partial charge in [0.25, 0.3) is 0 Å². The molecule has 0 bridgehead atoms. The van der Waals surface area contributed by atoms with Gasteiger partial charge in [-0.05, 0) is 49.0 Å². The highest BCUT2D eigenvalue weighted by Gasteiger charge is 2.31. The highest BCUT2D eigenvalue weighted by Crippen LogP contribution is 2.39. The minimum absolute atomic E-state index is 0.423. The summed E-state index contributed by atoms with van der Waals surface area (Å²) in [6.07, 6.45) is 1.31. The van der Waals surface area contributed by atoms with Crippen molar-refractivity contribution in [3.05, 3.63) is 45.9 Å². The summed E-state index contributed by atoms with van der Waals surface area (Å²) in [6.45, 7) is 2.12. The molecule has 1 atom stereocenters. The van der Waals surface area contributed by atoms with E-state index in [1.807, 2.05) is 0 Å². The fourth-order valence-corrected chi connectivity index (χ4v) is 3.01. The van der Waals surface area contributed by atoms with E-state index in [1.165, 1.54) is 17.7 Å². The second kappa shape index (κ2) is 7.07. The molecular weight excluding hydrogens is 291 g/mol. The Morgan fingerprint density at radius 3 is 2.41 bits per heavy atom. The smallest absolute Gasteiger partial charge is 0.166 e. The Hall–Kier alpha value is -1.65. The first kappa shape index (κ1) is 16.7. The van der Waals surface area contributed by atoms with Crippen LogP contribution >= 0.6 is 0 Å². The molecule has 120 valence electrons. The summed E-state index contributed by atoms with van der Waals surface area (Å²) in [4.78, 5) is 11.0. The van der Waals surface area contributed by atoms with Gasteiger partial charge in [-0.1, -0.05) is 42.6 Å². The molecule has 2 rings (SSSR count). The molecule has 0 fully saturated rings. The van der Waals surface area contributed by atoms with Crippen LogP contribution in [-0.4, -0.2) is 6.04 Å². The zero-order valence-corrected chi connectivity index (χ0v) is 12.6. The van der Waals surface area contributed by atoms with E-state index in [1.54, 1.807) is 0 Å². The average molecular weight is 311 g/mol. The molecule has 1 aliphatic rings. The van der Waals surface area contributed by atoms with Crippen molar-refractivity contribution in [3.8, 4) is 0 Å². The number of allylic oxidation sites excluding steroid dienone is 1. The van der Waals surface area contributed by atoms with Crippen LogP contribution in [0, 0.1) is 4.91 Å². The van der Waals surface area contributed by atoms with E-state index < -0.39 is 17.8 Å². The molecule has 0 amide bonds. The number of nitrogens with zero attached hydrogens (tertiary/aromatic N) is 1. The van der Waals surface area contributed by atoms with Gasteiger partial charge in [0.1, 0.15) is 6.04 Å². The summed E-state index contributed by atoms with van der Waals surface area (Å²) in [5.41, 5.74) is 2.05. The maximum absolute atomic E-state index is 12.6. The van der Waals surface area contributed by atoms with Crippen LogP contribution in [-0.2, 0) is 6.18 Å². The lowest BCUT2D eigenvalue weighted by Gasteiger charge is -2.12. The summed E-state index contributed by atoms with van der Waals surface area (Å²) in [6, 6.07) is 4.65. The summed E-state index contributed by atoms with van der Waals surface area (Å²) in [7, 11) is 0. The number of nitroso groups, excluding NO2 is 1. The van der Waals surface area contributed by atoms with Gasteiger partial charge in [0, 0.05) is 0 Å². The van der Waals surface area contributed by atoms with E-state index in [9.17, 15) is 18.1 Å². The predicted molar refractivity (Wildman–Crippen MR) is 81.3 cm³/mol. The maximum atomic E-state index is 12.6. The lowest BCUT2D eigenvalue weighted by Crippen LogP contribution is -2.06. The van der Waals surface area contributed by atoms with E-state index >= 15 is 0 Å². The quantitative estimate of drug-likeness (QED) is 0.470. The molecule has 0 saturated carbocycles. The molecule has 0 N–H and O–H groups in total. The van der Waals surface area contributed by atoms with Crippen LogP contribution in [0.4, 0.5) is 13.2 Å². The van der Waals surface area contributed by atoms with Gasteiger partial charge in [-0.3, -0.25) is 0 Å². The van der Waals surface area contributed by atoms with Gasteiger partial charge < -0.3 is 0 Å². The highest BCUT2D eigenvalue weighted by molar-refractivity contribution is 5.75. The Morgan fingerprint density at radius 1 is 1.18 bits per heavy atom. The Bertz CT molecular complexity index is 546. The second-order valence-corrected chi connectivity index (χ2v) is 5.71. The molecule has 0 aromatic heterocycles. The third-order valence-corrected chi connectivity index (χ3v) is 4.17. The normalized spacial score (nSPS) is 18.8. The third kappa shape index (κ3) is 3.76. The largest absolute Gasteiger partial charge is 0.416 e. The molecule has 1 aromatic rings. The van der Waals surface area contributed by atoms with Crippen LogP contribution in [0.3, 0.4) is 0 Å². The minimum Gasteiger partial charge on any atom is -0.166 e. The molecule has 22 heavy (non-hydrogen) atoms. The molecule has 1 aromatic carbocycles. The minimum atomic E-state index is -4.34. The highest BCUT2D eigenvalue weighted by atomic mass is 19.4. The fourth-order valence-electron chi connectivity index (χ4n) is 3.01. The first-order chi connectivity index (χ1) is 10.5. The average Bonchev–Trinajstić information content (AvgIpc) is 2.90. The monoisotopic (exact) mass is 311 g/mol. The van der Waals surface area contributed by atoms with Gasteiger partial charge in [0.05, 0.1) is 5.56 Å². The molecule has 5 heteroatoms. The van der Waals surface area contributed by atoms with Crippen LogP contribution in [0.1, 0.15) is 56.6 Å². The number of halogens is 3. The molecular formula is C17H20F3NO. The number of benzene rings is 1. The Labute approximate surface area is 128 Å². The first-order valence-electron chi connectivity index (χ1n) is 7.69. The van der Waals surface area contributed by atoms with Crippen LogP contribution in [0.25, 0.3) is 5.57 Å². The molecule has 1 aliphatic carbocycles. The number of rotatable bonds is 6. The number of hydrogen-bond acceptors (Lipinski definition) is 2. The Morgan fingerprint density at radius 2 is 1.86 bits per heavy atom. The molecule has 0 saturated heterocycles. The van der Waals surface area contributed by atoms with Crippen molar-refractivity contribution in [2.24, 2.45) is 5.18 Å². The van der Waals surface area contributed by atoms with Gasteiger partial charge in [-0.2, -0.15) is 18.1 Å². The van der Waals surface area contributed by atoms with E-state index in [-0.39, 0.29) is 0 Å². The SMILES string of the molecule is CCCCCC1=C(c2ccc(C(F)(F)F)cc2)C(N=O)CC1. The lowest BCUT2D eigenvalue weighted by molar-refractivity contribution is -0.137. The van der Waals surface area contributed by atoms with Gasteiger partial charge >= 0.3 is 6.18 Å². The Kier molecular flexibility index (Phi) is 5.37. The first-order valence-corrected chi connectivity index (χ1v) is 7.69. The molecule has 0 radical (unpaired) electrons. The topological polar surface area (TPSA) is 29.4 Å². The van der Waals surface area contributed by atoms with Crippen molar-refractivity contribution in [2.45, 2.75) is 57.7 Å². The van der Waals surface area contributed by atoms with E-state index in [4.69, 9.17) is 0 Å². The van der Waals surface area contributed by atoms with E-state index in [0.717, 1.165) is 49.8 Å². The van der Waals surface area contributed by atoms with Crippen molar-refractivity contribution in [1.82, 2.24) is 0 Å². The number of unbranched alkanes of at least 4 members (excludes halogenated alkanes) is 2. The predicted octanol–water partition coefficient (Wildman–Crippen LogP) is 5.97. The van der Waals surface area contributed by atoms with Crippen molar-refractivity contribution >= 4 is 5.57 Å². The second-order valence-electron chi connectivity index (χ2n) is 5.71. The van der Waals surface area contributed by atoms with Gasteiger partial charge in [-0.15, -0.1) is 0 Å². The molecule has 0 spiro atoms. The number of hydrogen-bond donors (Lipinski definition) is 0. The summed E-state index contributed by atoms with van der Waals surface area (Å²) < 4.78 is 37.9. The van der Waals surface area contributed by atoms with Gasteiger partial charge in [0.2, 0.25) is 0 Å². The van der Waals surface area contributed by atoms with Crippen molar-refractivity contribution < 1.29 is 13.2 Å². The lowest BCUT2D eigenvalue weighted by atomic mass is 9.95. The van der Waals surface area contributed by atoms with Gasteiger partial charge in [0.15, 0.2) is 0 Å². The standard InChI is InChI=1S/C17H20F3NO/c1-2-3-4-5-12-8-11-15(21-22)16(12)13-6-9-14(10-7-13)17(18,19)20/h6-7,9-10,15H,2-5,8,11H2,1H3. The molecule has 1 unspecified atom stereocenters. The molecule has 2 nitrogen and oxygen atoms in total. The van der Waals surface area contributed by atoms with Crippen LogP contribution in [0.15, 0.2) is 35.0 Å². The maximum Gasteiger partial charge on any atom is 0.416 e. The number of alkyl halides is 3.